The van der Waals surface area contributed by atoms with E-state index in [-0.39, 0.29) is 0 Å². The lowest BCUT2D eigenvalue weighted by molar-refractivity contribution is 0.277. The third kappa shape index (κ3) is 4.43. The summed E-state index contributed by atoms with van der Waals surface area (Å²) in [5, 5.41) is 0. The zero-order valence-corrected chi connectivity index (χ0v) is 6.56. The summed E-state index contributed by atoms with van der Waals surface area (Å²) in [5.41, 5.74) is 4.50. The zero-order valence-electron chi connectivity index (χ0n) is 6.56. The molecule has 0 atom stereocenters. The fraction of sp³-hybridized carbons (Fsp3) is 1.00. The third-order valence-corrected chi connectivity index (χ3v) is 1.58. The van der Waals surface area contributed by atoms with Crippen LogP contribution in [0.5, 0.6) is 0 Å². The molecule has 0 radical (unpaired) electrons. The van der Waals surface area contributed by atoms with Gasteiger partial charge in [0.1, 0.15) is 0 Å². The van der Waals surface area contributed by atoms with E-state index in [2.05, 4.69) is 17.7 Å². The number of nitrogens with two attached hydrogens (primary N) is 1. The van der Waals surface area contributed by atoms with Crippen LogP contribution in [0.25, 0.3) is 0 Å². The lowest BCUT2D eigenvalue weighted by Crippen LogP contribution is -2.24. The standard InChI is InChI=1S/C6H13N.CH5N/c1-7-5-3-2-4-6-7;1-2/h2-6H2,1H3;2H2,1H3. The van der Waals surface area contributed by atoms with Crippen molar-refractivity contribution in [1.82, 2.24) is 4.90 Å². The minimum absolute atomic E-state index is 1.32. The summed E-state index contributed by atoms with van der Waals surface area (Å²) < 4.78 is 0. The van der Waals surface area contributed by atoms with Gasteiger partial charge in [-0.1, -0.05) is 6.42 Å². The molecule has 0 unspecified atom stereocenters. The number of hydrogen-bond acceptors (Lipinski definition) is 2. The highest BCUT2D eigenvalue weighted by molar-refractivity contribution is 4.58. The van der Waals surface area contributed by atoms with Gasteiger partial charge in [-0.15, -0.1) is 0 Å². The Hall–Kier alpha value is -0.0800. The van der Waals surface area contributed by atoms with Gasteiger partial charge in [-0.05, 0) is 40.0 Å². The van der Waals surface area contributed by atoms with E-state index in [1.165, 1.54) is 39.4 Å². The Kier molecular flexibility index (Phi) is 5.99. The summed E-state index contributed by atoms with van der Waals surface area (Å²) in [6.45, 7) is 2.64. The van der Waals surface area contributed by atoms with Gasteiger partial charge in [0.05, 0.1) is 0 Å². The van der Waals surface area contributed by atoms with Crippen molar-refractivity contribution in [3.05, 3.63) is 0 Å². The highest BCUT2D eigenvalue weighted by Crippen LogP contribution is 2.04. The van der Waals surface area contributed by atoms with Gasteiger partial charge in [0, 0.05) is 0 Å². The summed E-state index contributed by atoms with van der Waals surface area (Å²) in [5.74, 6) is 0. The lowest BCUT2D eigenvalue weighted by Gasteiger charge is -2.20. The van der Waals surface area contributed by atoms with Crippen molar-refractivity contribution in [2.75, 3.05) is 27.2 Å². The van der Waals surface area contributed by atoms with Crippen molar-refractivity contribution in [1.29, 1.82) is 0 Å². The first-order valence-corrected chi connectivity index (χ1v) is 3.66. The summed E-state index contributed by atoms with van der Waals surface area (Å²) in [6.07, 6.45) is 4.28. The summed E-state index contributed by atoms with van der Waals surface area (Å²) in [6, 6.07) is 0. The molecule has 0 aromatic carbocycles. The predicted octanol–water partition coefficient (Wildman–Crippen LogP) is 0.677. The van der Waals surface area contributed by atoms with E-state index in [0.29, 0.717) is 0 Å². The van der Waals surface area contributed by atoms with Gasteiger partial charge in [-0.25, -0.2) is 0 Å². The van der Waals surface area contributed by atoms with Crippen molar-refractivity contribution in [3.8, 4) is 0 Å². The van der Waals surface area contributed by atoms with Crippen LogP contribution < -0.4 is 5.73 Å². The molecule has 2 N–H and O–H groups in total. The van der Waals surface area contributed by atoms with E-state index >= 15 is 0 Å². The van der Waals surface area contributed by atoms with E-state index in [1.807, 2.05) is 0 Å². The normalized spacial score (nSPS) is 20.3. The molecular weight excluding hydrogens is 112 g/mol. The van der Waals surface area contributed by atoms with Gasteiger partial charge in [-0.3, -0.25) is 0 Å². The summed E-state index contributed by atoms with van der Waals surface area (Å²) >= 11 is 0. The third-order valence-electron chi connectivity index (χ3n) is 1.58. The van der Waals surface area contributed by atoms with Crippen LogP contribution in [-0.4, -0.2) is 32.1 Å². The Morgan fingerprint density at radius 2 is 1.44 bits per heavy atom. The maximum Gasteiger partial charge on any atom is -0.00218 e. The molecule has 0 aliphatic carbocycles. The molecule has 0 saturated carbocycles. The van der Waals surface area contributed by atoms with Gasteiger partial charge in [0.25, 0.3) is 0 Å². The van der Waals surface area contributed by atoms with Crippen LogP contribution in [0.2, 0.25) is 0 Å². The van der Waals surface area contributed by atoms with E-state index < -0.39 is 0 Å². The fourth-order valence-corrected chi connectivity index (χ4v) is 1.05. The topological polar surface area (TPSA) is 29.3 Å². The first kappa shape index (κ1) is 8.92. The molecule has 56 valence electrons. The van der Waals surface area contributed by atoms with Crippen LogP contribution in [0.4, 0.5) is 0 Å². The van der Waals surface area contributed by atoms with Crippen molar-refractivity contribution < 1.29 is 0 Å². The SMILES string of the molecule is CN.CN1CCCCC1. The first-order chi connectivity index (χ1) is 4.39. The van der Waals surface area contributed by atoms with Gasteiger partial charge in [0.15, 0.2) is 0 Å². The highest BCUT2D eigenvalue weighted by atomic mass is 15.1. The molecule has 2 heteroatoms. The van der Waals surface area contributed by atoms with Crippen LogP contribution in [0.3, 0.4) is 0 Å². The van der Waals surface area contributed by atoms with Crippen molar-refractivity contribution in [3.63, 3.8) is 0 Å². The number of rotatable bonds is 0. The van der Waals surface area contributed by atoms with Crippen LogP contribution in [0, 0.1) is 0 Å². The Balaban J connectivity index is 0.000000291. The molecule has 1 rings (SSSR count). The first-order valence-electron chi connectivity index (χ1n) is 3.66. The van der Waals surface area contributed by atoms with Crippen LogP contribution in [0.1, 0.15) is 19.3 Å². The zero-order chi connectivity index (χ0) is 7.11. The van der Waals surface area contributed by atoms with Gasteiger partial charge in [0.2, 0.25) is 0 Å². The van der Waals surface area contributed by atoms with Crippen molar-refractivity contribution in [2.45, 2.75) is 19.3 Å². The Morgan fingerprint density at radius 3 is 1.67 bits per heavy atom. The molecule has 1 saturated heterocycles. The van der Waals surface area contributed by atoms with Crippen LogP contribution in [0.15, 0.2) is 0 Å². The van der Waals surface area contributed by atoms with Gasteiger partial charge < -0.3 is 10.6 Å². The average molecular weight is 130 g/mol. The summed E-state index contributed by atoms with van der Waals surface area (Å²) in [4.78, 5) is 2.39. The monoisotopic (exact) mass is 130 g/mol. The molecule has 0 aromatic rings. The molecule has 1 aliphatic rings. The second-order valence-electron chi connectivity index (χ2n) is 2.36. The molecule has 1 fully saturated rings. The number of hydrogen-bond donors (Lipinski definition) is 1. The van der Waals surface area contributed by atoms with Crippen molar-refractivity contribution in [2.24, 2.45) is 5.73 Å². The highest BCUT2D eigenvalue weighted by Gasteiger charge is 2.02. The minimum Gasteiger partial charge on any atom is -0.333 e. The second kappa shape index (κ2) is 6.05. The maximum absolute atomic E-state index is 4.50. The van der Waals surface area contributed by atoms with E-state index in [4.69, 9.17) is 0 Å². The largest absolute Gasteiger partial charge is 0.333 e. The molecule has 0 spiro atoms. The second-order valence-corrected chi connectivity index (χ2v) is 2.36. The van der Waals surface area contributed by atoms with Crippen molar-refractivity contribution >= 4 is 0 Å². The Bertz CT molecular complexity index is 48.9. The maximum atomic E-state index is 4.50. The summed E-state index contributed by atoms with van der Waals surface area (Å²) in [7, 11) is 3.69. The van der Waals surface area contributed by atoms with E-state index in [9.17, 15) is 0 Å². The lowest BCUT2D eigenvalue weighted by atomic mass is 10.1. The number of likely N-dealkylation sites (tertiary alicyclic amines) is 1. The molecule has 9 heavy (non-hydrogen) atoms. The Labute approximate surface area is 58.0 Å². The van der Waals surface area contributed by atoms with Gasteiger partial charge >= 0.3 is 0 Å². The molecule has 0 aromatic heterocycles. The number of nitrogens with zero attached hydrogens (tertiary/aromatic N) is 1. The molecule has 1 heterocycles. The predicted molar refractivity (Wildman–Crippen MR) is 41.5 cm³/mol. The number of piperidine rings is 1. The average Bonchev–Trinajstić information content (AvgIpc) is 1.94. The van der Waals surface area contributed by atoms with Crippen LogP contribution >= 0.6 is 0 Å². The fourth-order valence-electron chi connectivity index (χ4n) is 1.05. The smallest absolute Gasteiger partial charge is 0.00218 e. The molecule has 0 amide bonds. The minimum atomic E-state index is 1.32. The molecular formula is C7H18N2. The van der Waals surface area contributed by atoms with E-state index in [1.54, 1.807) is 0 Å². The molecule has 1 aliphatic heterocycles. The quantitative estimate of drug-likeness (QED) is 0.522. The van der Waals surface area contributed by atoms with E-state index in [0.717, 1.165) is 0 Å². The molecule has 2 nitrogen and oxygen atoms in total. The Morgan fingerprint density at radius 1 is 1.00 bits per heavy atom. The molecule has 0 bridgehead atoms. The van der Waals surface area contributed by atoms with Gasteiger partial charge in [-0.2, -0.15) is 0 Å². The van der Waals surface area contributed by atoms with Crippen LogP contribution in [-0.2, 0) is 0 Å².